The van der Waals surface area contributed by atoms with Crippen LogP contribution in [-0.4, -0.2) is 42.5 Å². The number of ether oxygens (including phenoxy) is 2. The van der Waals surface area contributed by atoms with Crippen molar-refractivity contribution in [3.8, 4) is 5.75 Å². The van der Waals surface area contributed by atoms with Crippen molar-refractivity contribution in [2.45, 2.75) is 38.1 Å². The molecule has 0 spiro atoms. The Balaban J connectivity index is 1.27. The third-order valence-electron chi connectivity index (χ3n) is 5.71. The Morgan fingerprint density at radius 1 is 1.15 bits per heavy atom. The molecular formula is C25H27N3O5. The fourth-order valence-electron chi connectivity index (χ4n) is 3.99. The number of rotatable bonds is 9. The van der Waals surface area contributed by atoms with Gasteiger partial charge in [0.05, 0.1) is 13.7 Å². The van der Waals surface area contributed by atoms with Crippen LogP contribution < -0.4 is 15.4 Å². The van der Waals surface area contributed by atoms with E-state index in [4.69, 9.17) is 9.47 Å². The molecule has 0 aliphatic carbocycles. The zero-order valence-corrected chi connectivity index (χ0v) is 18.5. The van der Waals surface area contributed by atoms with Crippen LogP contribution in [0.2, 0.25) is 0 Å². The summed E-state index contributed by atoms with van der Waals surface area (Å²) >= 11 is 0. The molecule has 0 saturated heterocycles. The maximum absolute atomic E-state index is 12.5. The lowest BCUT2D eigenvalue weighted by Crippen LogP contribution is -2.43. The van der Waals surface area contributed by atoms with Crippen molar-refractivity contribution in [1.29, 1.82) is 0 Å². The zero-order chi connectivity index (χ0) is 23.2. The second-order valence-corrected chi connectivity index (χ2v) is 8.03. The number of anilines is 1. The first-order chi connectivity index (χ1) is 16.0. The molecule has 0 fully saturated rings. The number of fused-ring (bicyclic) bond motifs is 2. The summed E-state index contributed by atoms with van der Waals surface area (Å²) in [7, 11) is 1.31. The van der Waals surface area contributed by atoms with Crippen molar-refractivity contribution >= 4 is 34.4 Å². The normalized spacial score (nSPS) is 13.7. The lowest BCUT2D eigenvalue weighted by molar-refractivity contribution is -0.145. The molecule has 172 valence electrons. The highest BCUT2D eigenvalue weighted by atomic mass is 16.5. The minimum absolute atomic E-state index is 0.0251. The lowest BCUT2D eigenvalue weighted by Gasteiger charge is -2.18. The van der Waals surface area contributed by atoms with Crippen molar-refractivity contribution in [3.05, 3.63) is 59.8 Å². The molecule has 0 radical (unpaired) electrons. The monoisotopic (exact) mass is 449 g/mol. The first-order valence-electron chi connectivity index (χ1n) is 11.0. The number of esters is 1. The molecule has 1 aliphatic rings. The molecule has 33 heavy (non-hydrogen) atoms. The Bertz CT molecular complexity index is 1170. The first kappa shape index (κ1) is 22.4. The van der Waals surface area contributed by atoms with E-state index >= 15 is 0 Å². The van der Waals surface area contributed by atoms with Crippen LogP contribution in [-0.2, 0) is 32.0 Å². The highest BCUT2D eigenvalue weighted by Gasteiger charge is 2.23. The van der Waals surface area contributed by atoms with Gasteiger partial charge in [0.2, 0.25) is 11.8 Å². The van der Waals surface area contributed by atoms with Crippen LogP contribution in [0, 0.1) is 0 Å². The Morgan fingerprint density at radius 3 is 2.85 bits per heavy atom. The van der Waals surface area contributed by atoms with Crippen molar-refractivity contribution in [2.24, 2.45) is 0 Å². The molecule has 2 aromatic carbocycles. The highest BCUT2D eigenvalue weighted by molar-refractivity contribution is 5.94. The maximum atomic E-state index is 12.5. The number of para-hydroxylation sites is 1. The van der Waals surface area contributed by atoms with Crippen LogP contribution in [0.25, 0.3) is 10.9 Å². The molecule has 1 atom stereocenters. The van der Waals surface area contributed by atoms with E-state index in [0.717, 1.165) is 27.7 Å². The molecule has 3 N–H and O–H groups in total. The maximum Gasteiger partial charge on any atom is 0.328 e. The number of hydrogen-bond acceptors (Lipinski definition) is 5. The minimum Gasteiger partial charge on any atom is -0.494 e. The smallest absolute Gasteiger partial charge is 0.328 e. The van der Waals surface area contributed by atoms with E-state index in [0.29, 0.717) is 38.0 Å². The summed E-state index contributed by atoms with van der Waals surface area (Å²) in [6.45, 7) is 0.365. The van der Waals surface area contributed by atoms with Gasteiger partial charge in [-0.15, -0.1) is 0 Å². The van der Waals surface area contributed by atoms with E-state index in [9.17, 15) is 14.4 Å². The fraction of sp³-hybridized carbons (Fsp3) is 0.320. The second kappa shape index (κ2) is 10.2. The van der Waals surface area contributed by atoms with Crippen molar-refractivity contribution in [2.75, 3.05) is 19.0 Å². The van der Waals surface area contributed by atoms with Crippen LogP contribution in [0.1, 0.15) is 30.4 Å². The van der Waals surface area contributed by atoms with Gasteiger partial charge in [0.25, 0.3) is 0 Å². The molecule has 0 saturated carbocycles. The SMILES string of the molecule is COC(=O)[C@@H](Cc1c[nH]c2ccccc12)NC(=O)CCCOc1ccc2c(c1)CCC(=O)N2. The summed E-state index contributed by atoms with van der Waals surface area (Å²) in [5.74, 6) is 0.0160. The van der Waals surface area contributed by atoms with Crippen LogP contribution in [0.4, 0.5) is 5.69 Å². The van der Waals surface area contributed by atoms with Gasteiger partial charge < -0.3 is 25.1 Å². The standard InChI is InChI=1S/C25H27N3O5/c1-32-25(31)22(14-17-15-26-21-6-3-2-5-19(17)21)28-23(29)7-4-12-33-18-9-10-20-16(13-18)8-11-24(30)27-20/h2-3,5-6,9-10,13,15,22,26H,4,7-8,11-12,14H2,1H3,(H,27,30)(H,28,29)/t22-/m1/s1. The average Bonchev–Trinajstić information content (AvgIpc) is 3.23. The molecule has 1 aromatic heterocycles. The number of aromatic nitrogens is 1. The van der Waals surface area contributed by atoms with Crippen LogP contribution in [0.15, 0.2) is 48.7 Å². The topological polar surface area (TPSA) is 110 Å². The third-order valence-corrected chi connectivity index (χ3v) is 5.71. The van der Waals surface area contributed by atoms with E-state index in [1.165, 1.54) is 7.11 Å². The predicted molar refractivity (Wildman–Crippen MR) is 124 cm³/mol. The van der Waals surface area contributed by atoms with Gasteiger partial charge in [0.15, 0.2) is 0 Å². The van der Waals surface area contributed by atoms with Crippen LogP contribution in [0.3, 0.4) is 0 Å². The molecule has 0 unspecified atom stereocenters. The number of carbonyl (C=O) groups excluding carboxylic acids is 3. The molecule has 8 heteroatoms. The summed E-state index contributed by atoms with van der Waals surface area (Å²) in [4.78, 5) is 39.4. The number of amides is 2. The largest absolute Gasteiger partial charge is 0.494 e. The summed E-state index contributed by atoms with van der Waals surface area (Å²) in [6, 6.07) is 12.6. The number of H-pyrrole nitrogens is 1. The van der Waals surface area contributed by atoms with E-state index in [1.807, 2.05) is 42.6 Å². The van der Waals surface area contributed by atoms with Gasteiger partial charge in [-0.2, -0.15) is 0 Å². The second-order valence-electron chi connectivity index (χ2n) is 8.03. The lowest BCUT2D eigenvalue weighted by atomic mass is 10.0. The van der Waals surface area contributed by atoms with E-state index in [-0.39, 0.29) is 18.2 Å². The molecule has 3 aromatic rings. The van der Waals surface area contributed by atoms with Gasteiger partial charge in [-0.25, -0.2) is 4.79 Å². The summed E-state index contributed by atoms with van der Waals surface area (Å²) < 4.78 is 10.7. The Hall–Kier alpha value is -3.81. The third kappa shape index (κ3) is 5.52. The Labute approximate surface area is 191 Å². The van der Waals surface area contributed by atoms with E-state index < -0.39 is 12.0 Å². The summed E-state index contributed by atoms with van der Waals surface area (Å²) in [6.07, 6.45) is 4.07. The van der Waals surface area contributed by atoms with Crippen molar-refractivity contribution < 1.29 is 23.9 Å². The van der Waals surface area contributed by atoms with Crippen LogP contribution >= 0.6 is 0 Å². The van der Waals surface area contributed by atoms with Gasteiger partial charge in [0.1, 0.15) is 11.8 Å². The first-order valence-corrected chi connectivity index (χ1v) is 11.0. The van der Waals surface area contributed by atoms with Gasteiger partial charge in [-0.1, -0.05) is 18.2 Å². The van der Waals surface area contributed by atoms with Crippen molar-refractivity contribution in [3.63, 3.8) is 0 Å². The molecule has 4 rings (SSSR count). The molecule has 8 nitrogen and oxygen atoms in total. The molecule has 0 bridgehead atoms. The molecular weight excluding hydrogens is 422 g/mol. The van der Waals surface area contributed by atoms with Crippen molar-refractivity contribution in [1.82, 2.24) is 10.3 Å². The van der Waals surface area contributed by atoms with E-state index in [2.05, 4.69) is 15.6 Å². The predicted octanol–water partition coefficient (Wildman–Crippen LogP) is 3.11. The van der Waals surface area contributed by atoms with Gasteiger partial charge in [-0.05, 0) is 48.2 Å². The summed E-state index contributed by atoms with van der Waals surface area (Å²) in [5, 5.41) is 6.64. The quantitative estimate of drug-likeness (QED) is 0.344. The fourth-order valence-corrected chi connectivity index (χ4v) is 3.99. The number of aryl methyl sites for hydroxylation is 1. The number of benzene rings is 2. The van der Waals surface area contributed by atoms with Crippen LogP contribution in [0.5, 0.6) is 5.75 Å². The number of aromatic amines is 1. The van der Waals surface area contributed by atoms with E-state index in [1.54, 1.807) is 6.07 Å². The molecule has 1 aliphatic heterocycles. The van der Waals surface area contributed by atoms with Gasteiger partial charge in [-0.3, -0.25) is 9.59 Å². The molecule has 2 heterocycles. The molecule has 2 amide bonds. The zero-order valence-electron chi connectivity index (χ0n) is 18.5. The number of carbonyl (C=O) groups is 3. The van der Waals surface area contributed by atoms with Gasteiger partial charge in [0, 0.05) is 42.0 Å². The Morgan fingerprint density at radius 2 is 2.00 bits per heavy atom. The minimum atomic E-state index is -0.765. The summed E-state index contributed by atoms with van der Waals surface area (Å²) in [5.41, 5.74) is 3.78. The highest BCUT2D eigenvalue weighted by Crippen LogP contribution is 2.27. The Kier molecular flexibility index (Phi) is 6.92. The van der Waals surface area contributed by atoms with Gasteiger partial charge >= 0.3 is 5.97 Å². The number of hydrogen-bond donors (Lipinski definition) is 3. The number of methoxy groups -OCH3 is 1. The average molecular weight is 450 g/mol. The number of nitrogens with one attached hydrogen (secondary N) is 3.